The topological polar surface area (TPSA) is 66.4 Å². The van der Waals surface area contributed by atoms with Crippen molar-refractivity contribution in [2.24, 2.45) is 0 Å². The zero-order valence-corrected chi connectivity index (χ0v) is 13.3. The average Bonchev–Trinajstić information content (AvgIpc) is 2.86. The second-order valence-electron chi connectivity index (χ2n) is 4.87. The Kier molecular flexibility index (Phi) is 5.10. The van der Waals surface area contributed by atoms with Crippen LogP contribution in [0, 0.1) is 0 Å². The van der Waals surface area contributed by atoms with E-state index in [1.807, 2.05) is 24.3 Å². The molecule has 2 N–H and O–H groups in total. The lowest BCUT2D eigenvalue weighted by Crippen LogP contribution is -2.54. The van der Waals surface area contributed by atoms with Crippen LogP contribution in [0.3, 0.4) is 0 Å². The van der Waals surface area contributed by atoms with Crippen molar-refractivity contribution in [2.45, 2.75) is 24.8 Å². The lowest BCUT2D eigenvalue weighted by Gasteiger charge is -2.24. The van der Waals surface area contributed by atoms with Crippen LogP contribution in [-0.2, 0) is 16.0 Å². The molecule has 1 aliphatic rings. The van der Waals surface area contributed by atoms with Crippen molar-refractivity contribution >= 4 is 39.6 Å². The third-order valence-electron chi connectivity index (χ3n) is 3.34. The van der Waals surface area contributed by atoms with Crippen LogP contribution in [0.4, 0.5) is 0 Å². The van der Waals surface area contributed by atoms with Gasteiger partial charge in [-0.25, -0.2) is 4.79 Å². The van der Waals surface area contributed by atoms with Crippen LogP contribution in [0.25, 0.3) is 0 Å². The number of carboxylic acid groups (broad SMARTS) is 1. The fraction of sp³-hybridized carbons (Fsp3) is 0.429. The summed E-state index contributed by atoms with van der Waals surface area (Å²) < 4.78 is 0.976. The van der Waals surface area contributed by atoms with E-state index in [4.69, 9.17) is 0 Å². The summed E-state index contributed by atoms with van der Waals surface area (Å²) in [5.41, 5.74) is -0.0151. The second kappa shape index (κ2) is 6.63. The first-order valence-corrected chi connectivity index (χ1v) is 8.33. The number of hydrogen-bond acceptors (Lipinski definition) is 3. The minimum Gasteiger partial charge on any atom is -0.479 e. The molecule has 0 unspecified atom stereocenters. The molecule has 1 aliphatic heterocycles. The van der Waals surface area contributed by atoms with Crippen LogP contribution in [0.1, 0.15) is 18.4 Å². The lowest BCUT2D eigenvalue weighted by atomic mass is 9.98. The Labute approximate surface area is 130 Å². The van der Waals surface area contributed by atoms with Crippen LogP contribution in [0.5, 0.6) is 0 Å². The molecule has 0 aliphatic carbocycles. The van der Waals surface area contributed by atoms with Crippen molar-refractivity contribution in [3.05, 3.63) is 34.3 Å². The minimum atomic E-state index is -1.07. The summed E-state index contributed by atoms with van der Waals surface area (Å²) in [6.07, 6.45) is 1.40. The first-order chi connectivity index (χ1) is 9.52. The zero-order chi connectivity index (χ0) is 14.6. The number of carboxylic acids is 1. The summed E-state index contributed by atoms with van der Waals surface area (Å²) in [5.74, 6) is 0.0941. The molecule has 0 spiro atoms. The second-order valence-corrected chi connectivity index (χ2v) is 6.89. The fourth-order valence-corrected chi connectivity index (χ4v) is 3.94. The summed E-state index contributed by atoms with van der Waals surface area (Å²) in [5, 5.41) is 12.0. The molecule has 1 aromatic rings. The monoisotopic (exact) mass is 357 g/mol. The predicted molar refractivity (Wildman–Crippen MR) is 82.9 cm³/mol. The van der Waals surface area contributed by atoms with Crippen LogP contribution < -0.4 is 5.32 Å². The van der Waals surface area contributed by atoms with E-state index in [2.05, 4.69) is 21.2 Å². The van der Waals surface area contributed by atoms with Gasteiger partial charge in [0.2, 0.25) is 5.91 Å². The standard InChI is InChI=1S/C14H16BrNO3S/c15-11-3-1-2-10(8-11)4-5-12(17)16-14(13(18)19)6-7-20-9-14/h1-3,8H,4-7,9H2,(H,16,17)(H,18,19)/t14-/m0/s1. The molecule has 0 aromatic heterocycles. The Hall–Kier alpha value is -1.01. The highest BCUT2D eigenvalue weighted by Crippen LogP contribution is 2.28. The molecule has 108 valence electrons. The Bertz CT molecular complexity index is 515. The molecule has 20 heavy (non-hydrogen) atoms. The van der Waals surface area contributed by atoms with E-state index < -0.39 is 11.5 Å². The van der Waals surface area contributed by atoms with Crippen molar-refractivity contribution in [3.63, 3.8) is 0 Å². The molecule has 4 nitrogen and oxygen atoms in total. The van der Waals surface area contributed by atoms with Crippen LogP contribution in [0.2, 0.25) is 0 Å². The molecule has 1 amide bonds. The molecule has 1 atom stereocenters. The van der Waals surface area contributed by atoms with Gasteiger partial charge in [0.1, 0.15) is 5.54 Å². The number of amides is 1. The average molecular weight is 358 g/mol. The Morgan fingerprint density at radius 2 is 2.25 bits per heavy atom. The van der Waals surface area contributed by atoms with Crippen molar-refractivity contribution in [1.29, 1.82) is 0 Å². The van der Waals surface area contributed by atoms with Gasteiger partial charge in [-0.3, -0.25) is 4.79 Å². The van der Waals surface area contributed by atoms with Crippen LogP contribution in [-0.4, -0.2) is 34.0 Å². The predicted octanol–water partition coefficient (Wildman–Crippen LogP) is 2.46. The number of rotatable bonds is 5. The quantitative estimate of drug-likeness (QED) is 0.849. The minimum absolute atomic E-state index is 0.199. The third kappa shape index (κ3) is 3.76. The number of hydrogen-bond donors (Lipinski definition) is 2. The molecule has 1 aromatic carbocycles. The molecule has 1 heterocycles. The molecule has 2 rings (SSSR count). The molecule has 6 heteroatoms. The fourth-order valence-electron chi connectivity index (χ4n) is 2.17. The highest BCUT2D eigenvalue weighted by atomic mass is 79.9. The largest absolute Gasteiger partial charge is 0.479 e. The van der Waals surface area contributed by atoms with Crippen LogP contribution >= 0.6 is 27.7 Å². The van der Waals surface area contributed by atoms with E-state index in [1.54, 1.807) is 11.8 Å². The number of thioether (sulfide) groups is 1. The number of nitrogens with one attached hydrogen (secondary N) is 1. The van der Waals surface area contributed by atoms with Gasteiger partial charge in [0, 0.05) is 16.6 Å². The van der Waals surface area contributed by atoms with E-state index in [1.165, 1.54) is 0 Å². The highest BCUT2D eigenvalue weighted by molar-refractivity contribution is 9.10. The number of carbonyl (C=O) groups excluding carboxylic acids is 1. The van der Waals surface area contributed by atoms with Gasteiger partial charge in [-0.15, -0.1) is 0 Å². The number of halogens is 1. The van der Waals surface area contributed by atoms with Gasteiger partial charge in [-0.1, -0.05) is 28.1 Å². The maximum absolute atomic E-state index is 12.0. The molecule has 1 saturated heterocycles. The molecule has 1 fully saturated rings. The van der Waals surface area contributed by atoms with Crippen molar-refractivity contribution in [1.82, 2.24) is 5.32 Å². The maximum atomic E-state index is 12.0. The molecular formula is C14H16BrNO3S. The lowest BCUT2D eigenvalue weighted by molar-refractivity contribution is -0.146. The summed E-state index contributed by atoms with van der Waals surface area (Å²) >= 11 is 4.95. The van der Waals surface area contributed by atoms with Gasteiger partial charge < -0.3 is 10.4 Å². The number of aryl methyl sites for hydroxylation is 1. The summed E-state index contributed by atoms with van der Waals surface area (Å²) in [4.78, 5) is 23.3. The Balaban J connectivity index is 1.90. The maximum Gasteiger partial charge on any atom is 0.330 e. The van der Waals surface area contributed by atoms with Crippen molar-refractivity contribution < 1.29 is 14.7 Å². The van der Waals surface area contributed by atoms with Gasteiger partial charge in [-0.05, 0) is 36.3 Å². The third-order valence-corrected chi connectivity index (χ3v) is 5.02. The van der Waals surface area contributed by atoms with Gasteiger partial charge in [-0.2, -0.15) is 11.8 Å². The van der Waals surface area contributed by atoms with E-state index in [0.717, 1.165) is 15.8 Å². The van der Waals surface area contributed by atoms with Crippen molar-refractivity contribution in [2.75, 3.05) is 11.5 Å². The first kappa shape index (κ1) is 15.4. The smallest absolute Gasteiger partial charge is 0.330 e. The van der Waals surface area contributed by atoms with Crippen molar-refractivity contribution in [3.8, 4) is 0 Å². The summed E-state index contributed by atoms with van der Waals surface area (Å²) in [6, 6.07) is 7.77. The number of benzene rings is 1. The van der Waals surface area contributed by atoms with E-state index in [-0.39, 0.29) is 5.91 Å². The number of aliphatic carboxylic acids is 1. The van der Waals surface area contributed by atoms with E-state index >= 15 is 0 Å². The van der Waals surface area contributed by atoms with Gasteiger partial charge in [0.15, 0.2) is 0 Å². The Morgan fingerprint density at radius 1 is 1.45 bits per heavy atom. The molecule has 0 radical (unpaired) electrons. The Morgan fingerprint density at radius 3 is 2.85 bits per heavy atom. The SMILES string of the molecule is O=C(CCc1cccc(Br)c1)N[C@@]1(C(=O)O)CCSC1. The summed E-state index contributed by atoms with van der Waals surface area (Å²) in [7, 11) is 0. The normalized spacial score (nSPS) is 21.6. The van der Waals surface area contributed by atoms with Gasteiger partial charge in [0.25, 0.3) is 0 Å². The number of carbonyl (C=O) groups is 2. The van der Waals surface area contributed by atoms with Crippen LogP contribution in [0.15, 0.2) is 28.7 Å². The van der Waals surface area contributed by atoms with Gasteiger partial charge >= 0.3 is 5.97 Å². The molecule has 0 saturated carbocycles. The molecular weight excluding hydrogens is 342 g/mol. The highest BCUT2D eigenvalue weighted by Gasteiger charge is 2.43. The van der Waals surface area contributed by atoms with E-state index in [9.17, 15) is 14.7 Å². The van der Waals surface area contributed by atoms with E-state index in [0.29, 0.717) is 25.0 Å². The zero-order valence-electron chi connectivity index (χ0n) is 10.9. The summed E-state index contributed by atoms with van der Waals surface area (Å²) in [6.45, 7) is 0. The molecule has 0 bridgehead atoms. The first-order valence-electron chi connectivity index (χ1n) is 6.38. The van der Waals surface area contributed by atoms with Gasteiger partial charge in [0.05, 0.1) is 0 Å².